The van der Waals surface area contributed by atoms with Crippen LogP contribution in [0.25, 0.3) is 60.9 Å². The maximum Gasteiger partial charge on any atom is 0.171 e. The molecule has 0 saturated heterocycles. The van der Waals surface area contributed by atoms with Crippen LogP contribution in [0.5, 0.6) is 0 Å². The number of nitriles is 2. The molecule has 51 heavy (non-hydrogen) atoms. The highest BCUT2D eigenvalue weighted by Gasteiger charge is 2.28. The lowest BCUT2D eigenvalue weighted by molar-refractivity contribution is 0.490. The standard InChI is InChI=1S/C34H12F6N6S5/c35-23-15(7-43)21(27(39)25(37)17(23)9-45)11(5-41)1-13-3-19-29(47-13)31-33(49-19)34-32(51-31)30-20(50-34)4-14(48-30)2-12(6-42)22-16(8-44)24(36)18(10-46)26(38)28(22)40/h1-4,7-10,43-46H/b11-1+,12-2+,43-7?,44-8?,45-9?,46-10?. The Morgan fingerprint density at radius 2 is 0.824 bits per heavy atom. The smallest absolute Gasteiger partial charge is 0.171 e. The van der Waals surface area contributed by atoms with Crippen molar-refractivity contribution in [1.82, 2.24) is 0 Å². The summed E-state index contributed by atoms with van der Waals surface area (Å²) < 4.78 is 96.2. The third-order valence-electron chi connectivity index (χ3n) is 7.81. The van der Waals surface area contributed by atoms with E-state index in [0.29, 0.717) is 34.6 Å². The first-order chi connectivity index (χ1) is 24.5. The van der Waals surface area contributed by atoms with Gasteiger partial charge in [-0.05, 0) is 24.3 Å². The van der Waals surface area contributed by atoms with Crippen molar-refractivity contribution in [3.63, 3.8) is 0 Å². The van der Waals surface area contributed by atoms with Gasteiger partial charge in [0.2, 0.25) is 0 Å². The van der Waals surface area contributed by atoms with E-state index in [1.807, 2.05) is 0 Å². The van der Waals surface area contributed by atoms with Crippen molar-refractivity contribution in [2.24, 2.45) is 0 Å². The van der Waals surface area contributed by atoms with Crippen molar-refractivity contribution in [2.45, 2.75) is 0 Å². The van der Waals surface area contributed by atoms with Crippen molar-refractivity contribution >= 4 is 142 Å². The summed E-state index contributed by atoms with van der Waals surface area (Å²) in [7, 11) is 0. The number of allylic oxidation sites excluding steroid dienone is 2. The molecule has 0 aliphatic carbocycles. The predicted molar refractivity (Wildman–Crippen MR) is 197 cm³/mol. The Hall–Kier alpha value is -5.30. The zero-order valence-electron chi connectivity index (χ0n) is 24.8. The molecule has 0 fully saturated rings. The van der Waals surface area contributed by atoms with Gasteiger partial charge in [-0.3, -0.25) is 0 Å². The Morgan fingerprint density at radius 1 is 0.471 bits per heavy atom. The summed E-state index contributed by atoms with van der Waals surface area (Å²) in [6.07, 6.45) is 4.12. The molecule has 0 spiro atoms. The van der Waals surface area contributed by atoms with Crippen molar-refractivity contribution < 1.29 is 26.3 Å². The van der Waals surface area contributed by atoms with Crippen molar-refractivity contribution in [3.8, 4) is 12.1 Å². The number of rotatable bonds is 8. The Labute approximate surface area is 301 Å². The molecule has 5 heterocycles. The Kier molecular flexibility index (Phi) is 8.57. The molecule has 0 unspecified atom stereocenters. The van der Waals surface area contributed by atoms with Crippen LogP contribution < -0.4 is 0 Å². The van der Waals surface area contributed by atoms with Crippen LogP contribution >= 0.6 is 56.7 Å². The minimum Gasteiger partial charge on any atom is -0.308 e. The maximum atomic E-state index is 15.1. The molecule has 17 heteroatoms. The number of thiophene rings is 5. The molecule has 0 radical (unpaired) electrons. The zero-order chi connectivity index (χ0) is 36.5. The minimum atomic E-state index is -1.64. The van der Waals surface area contributed by atoms with Gasteiger partial charge in [0.1, 0.15) is 11.6 Å². The van der Waals surface area contributed by atoms with E-state index in [-0.39, 0.29) is 0 Å². The van der Waals surface area contributed by atoms with Gasteiger partial charge in [-0.25, -0.2) is 26.3 Å². The van der Waals surface area contributed by atoms with Gasteiger partial charge in [0.05, 0.1) is 62.6 Å². The summed E-state index contributed by atoms with van der Waals surface area (Å²) in [5.74, 6) is -9.01. The van der Waals surface area contributed by atoms with E-state index in [4.69, 9.17) is 21.6 Å². The van der Waals surface area contributed by atoms with E-state index >= 15 is 8.78 Å². The molecule has 7 rings (SSSR count). The Morgan fingerprint density at radius 3 is 1.16 bits per heavy atom. The van der Waals surface area contributed by atoms with E-state index in [0.717, 1.165) is 37.6 Å². The quantitative estimate of drug-likeness (QED) is 0.0527. The molecule has 0 aliphatic heterocycles. The van der Waals surface area contributed by atoms with E-state index in [9.17, 15) is 28.1 Å². The summed E-state index contributed by atoms with van der Waals surface area (Å²) in [4.78, 5) is 0.990. The minimum absolute atomic E-state index is 0.302. The van der Waals surface area contributed by atoms with Gasteiger partial charge in [0.15, 0.2) is 23.3 Å². The van der Waals surface area contributed by atoms with Gasteiger partial charge in [-0.15, -0.1) is 56.7 Å². The van der Waals surface area contributed by atoms with Crippen LogP contribution in [0.1, 0.15) is 43.1 Å². The molecule has 250 valence electrons. The normalized spacial score (nSPS) is 12.2. The van der Waals surface area contributed by atoms with E-state index in [1.54, 1.807) is 24.3 Å². The fourth-order valence-corrected chi connectivity index (χ4v) is 12.7. The fourth-order valence-electron chi connectivity index (χ4n) is 5.55. The fraction of sp³-hybridized carbons (Fsp3) is 0. The van der Waals surface area contributed by atoms with Crippen LogP contribution in [0, 0.1) is 79.2 Å². The van der Waals surface area contributed by atoms with Crippen LogP contribution in [0.4, 0.5) is 26.3 Å². The third kappa shape index (κ3) is 5.08. The molecule has 4 N–H and O–H groups in total. The molecule has 6 nitrogen and oxygen atoms in total. The predicted octanol–water partition coefficient (Wildman–Crippen LogP) is 11.6. The second-order valence-electron chi connectivity index (χ2n) is 10.5. The molecule has 0 amide bonds. The summed E-state index contributed by atoms with van der Waals surface area (Å²) >= 11 is 7.00. The molecule has 0 saturated carbocycles. The highest BCUT2D eigenvalue weighted by atomic mass is 32.1. The first-order valence-corrected chi connectivity index (χ1v) is 18.1. The topological polar surface area (TPSA) is 143 Å². The van der Waals surface area contributed by atoms with Crippen molar-refractivity contribution in [2.75, 3.05) is 0 Å². The molecule has 2 aromatic carbocycles. The van der Waals surface area contributed by atoms with Gasteiger partial charge >= 0.3 is 0 Å². The van der Waals surface area contributed by atoms with E-state index in [2.05, 4.69) is 0 Å². The lowest BCUT2D eigenvalue weighted by Gasteiger charge is -2.11. The second kappa shape index (κ2) is 12.8. The highest BCUT2D eigenvalue weighted by Crippen LogP contribution is 2.53. The number of benzene rings is 2. The number of fused-ring (bicyclic) bond motifs is 7. The molecule has 0 aliphatic rings. The Balaban J connectivity index is 1.32. The SMILES string of the molecule is N#C/C(=C\c1cc2sc3c(sc4c5sc(/C=C(\C#N)c6c(F)c(F)c(C=N)c(F)c6C=N)cc5sc43)c2s1)c1c(F)c(F)c(C=N)c(F)c1C=N. The van der Waals surface area contributed by atoms with E-state index in [1.165, 1.54) is 68.8 Å². The monoisotopic (exact) mass is 778 g/mol. The number of halogens is 6. The summed E-state index contributed by atoms with van der Waals surface area (Å²) in [5, 5.41) is 49.3. The van der Waals surface area contributed by atoms with Crippen molar-refractivity contribution in [3.05, 3.63) is 90.2 Å². The van der Waals surface area contributed by atoms with Crippen LogP contribution in [0.3, 0.4) is 0 Å². The highest BCUT2D eigenvalue weighted by molar-refractivity contribution is 7.48. The first-order valence-electron chi connectivity index (χ1n) is 14.0. The third-order valence-corrected chi connectivity index (χ3v) is 14.4. The summed E-state index contributed by atoms with van der Waals surface area (Å²) in [6, 6.07) is 7.09. The van der Waals surface area contributed by atoms with Gasteiger partial charge in [-0.2, -0.15) is 10.5 Å². The second-order valence-corrected chi connectivity index (χ2v) is 15.8. The van der Waals surface area contributed by atoms with Gasteiger partial charge in [-0.1, -0.05) is 0 Å². The summed E-state index contributed by atoms with van der Waals surface area (Å²) in [5.41, 5.74) is -5.46. The lowest BCUT2D eigenvalue weighted by atomic mass is 9.96. The average Bonchev–Trinajstić information content (AvgIpc) is 3.91. The van der Waals surface area contributed by atoms with Crippen LogP contribution in [0.2, 0.25) is 0 Å². The van der Waals surface area contributed by atoms with Crippen molar-refractivity contribution in [1.29, 1.82) is 32.2 Å². The lowest BCUT2D eigenvalue weighted by Crippen LogP contribution is -2.08. The zero-order valence-corrected chi connectivity index (χ0v) is 28.9. The molecule has 0 atom stereocenters. The average molecular weight is 779 g/mol. The molecular weight excluding hydrogens is 767 g/mol. The Bertz CT molecular complexity index is 2690. The maximum absolute atomic E-state index is 15.1. The van der Waals surface area contributed by atoms with Gasteiger partial charge in [0.25, 0.3) is 0 Å². The number of nitrogens with one attached hydrogen (secondary N) is 4. The van der Waals surface area contributed by atoms with Crippen LogP contribution in [-0.4, -0.2) is 24.9 Å². The summed E-state index contributed by atoms with van der Waals surface area (Å²) in [6.45, 7) is 0. The van der Waals surface area contributed by atoms with Crippen LogP contribution in [0.15, 0.2) is 12.1 Å². The van der Waals surface area contributed by atoms with Gasteiger partial charge < -0.3 is 21.6 Å². The van der Waals surface area contributed by atoms with E-state index < -0.39 is 79.4 Å². The largest absolute Gasteiger partial charge is 0.308 e. The molecule has 0 bridgehead atoms. The van der Waals surface area contributed by atoms with Crippen LogP contribution in [-0.2, 0) is 0 Å². The van der Waals surface area contributed by atoms with Gasteiger partial charge in [0, 0.05) is 66.3 Å². The molecule has 7 aromatic rings. The molecule has 5 aromatic heterocycles. The first kappa shape index (κ1) is 34.2. The molecular formula is C34H12F6N6S5. The number of hydrogen-bond acceptors (Lipinski definition) is 11. The number of hydrogen-bond donors (Lipinski definition) is 4. The number of nitrogens with zero attached hydrogens (tertiary/aromatic N) is 2.